The number of nitrogens with zero attached hydrogens (tertiary/aromatic N) is 1. The van der Waals surface area contributed by atoms with Crippen molar-refractivity contribution in [2.45, 2.75) is 0 Å². The summed E-state index contributed by atoms with van der Waals surface area (Å²) in [7, 11) is 0. The first kappa shape index (κ1) is 14.4. The quantitative estimate of drug-likeness (QED) is 0.623. The fourth-order valence-electron chi connectivity index (χ4n) is 2.18. The highest BCUT2D eigenvalue weighted by Crippen LogP contribution is 2.39. The zero-order chi connectivity index (χ0) is 15.0. The van der Waals surface area contributed by atoms with Gasteiger partial charge in [-0.3, -0.25) is 5.10 Å². The number of nitrogens with two attached hydrogens (primary N) is 1. The fraction of sp³-hybridized carbons (Fsp3) is 0. The largest absolute Gasteiger partial charge is 0.382 e. The van der Waals surface area contributed by atoms with Crippen LogP contribution < -0.4 is 5.73 Å². The molecule has 6 heteroatoms. The predicted molar refractivity (Wildman–Crippen MR) is 91.6 cm³/mol. The molecule has 0 amide bonds. The molecular weight excluding hydrogens is 373 g/mol. The summed E-state index contributed by atoms with van der Waals surface area (Å²) in [6.45, 7) is 0. The zero-order valence-electron chi connectivity index (χ0n) is 10.7. The van der Waals surface area contributed by atoms with Crippen LogP contribution in [0.15, 0.2) is 46.9 Å². The summed E-state index contributed by atoms with van der Waals surface area (Å²) in [4.78, 5) is 0. The molecular formula is C15H10BrCl2N3. The number of rotatable bonds is 2. The van der Waals surface area contributed by atoms with Gasteiger partial charge in [0.15, 0.2) is 5.82 Å². The maximum atomic E-state index is 6.07. The van der Waals surface area contributed by atoms with Crippen LogP contribution in [-0.4, -0.2) is 10.2 Å². The molecule has 3 aromatic rings. The summed E-state index contributed by atoms with van der Waals surface area (Å²) in [6, 6.07) is 13.1. The van der Waals surface area contributed by atoms with Crippen LogP contribution in [0.3, 0.4) is 0 Å². The van der Waals surface area contributed by atoms with Crippen LogP contribution in [0.1, 0.15) is 0 Å². The molecule has 0 fully saturated rings. The summed E-state index contributed by atoms with van der Waals surface area (Å²) in [5.41, 5.74) is 9.49. The SMILES string of the molecule is Nc1n[nH]c(-c2ccc(Cl)cc2Br)c1-c1cccc(Cl)c1. The first-order valence-electron chi connectivity index (χ1n) is 6.11. The van der Waals surface area contributed by atoms with Crippen molar-refractivity contribution in [2.24, 2.45) is 0 Å². The van der Waals surface area contributed by atoms with Crippen LogP contribution in [-0.2, 0) is 0 Å². The molecule has 3 nitrogen and oxygen atoms in total. The Morgan fingerprint density at radius 2 is 1.81 bits per heavy atom. The molecule has 2 aromatic carbocycles. The van der Waals surface area contributed by atoms with Crippen LogP contribution in [0.25, 0.3) is 22.4 Å². The highest BCUT2D eigenvalue weighted by molar-refractivity contribution is 9.10. The molecule has 0 spiro atoms. The zero-order valence-corrected chi connectivity index (χ0v) is 13.8. The molecule has 0 saturated heterocycles. The van der Waals surface area contributed by atoms with Crippen molar-refractivity contribution in [2.75, 3.05) is 5.73 Å². The average molecular weight is 383 g/mol. The first-order chi connectivity index (χ1) is 10.1. The fourth-order valence-corrected chi connectivity index (χ4v) is 3.25. The third-order valence-corrected chi connectivity index (χ3v) is 4.23. The van der Waals surface area contributed by atoms with Crippen LogP contribution in [0.4, 0.5) is 5.82 Å². The third-order valence-electron chi connectivity index (χ3n) is 3.11. The van der Waals surface area contributed by atoms with Crippen molar-refractivity contribution in [3.05, 3.63) is 57.0 Å². The van der Waals surface area contributed by atoms with E-state index in [9.17, 15) is 0 Å². The van der Waals surface area contributed by atoms with Gasteiger partial charge in [-0.15, -0.1) is 0 Å². The minimum atomic E-state index is 0.425. The van der Waals surface area contributed by atoms with Gasteiger partial charge in [0.05, 0.1) is 11.3 Å². The number of anilines is 1. The number of aromatic amines is 1. The van der Waals surface area contributed by atoms with E-state index in [0.717, 1.165) is 26.9 Å². The van der Waals surface area contributed by atoms with E-state index < -0.39 is 0 Å². The lowest BCUT2D eigenvalue weighted by Gasteiger charge is -2.07. The molecule has 106 valence electrons. The molecule has 0 unspecified atom stereocenters. The number of hydrogen-bond acceptors (Lipinski definition) is 2. The Kier molecular flexibility index (Phi) is 3.93. The Balaban J connectivity index is 2.22. The molecule has 0 aliphatic heterocycles. The lowest BCUT2D eigenvalue weighted by atomic mass is 10.0. The van der Waals surface area contributed by atoms with Crippen molar-refractivity contribution < 1.29 is 0 Å². The number of benzene rings is 2. The van der Waals surface area contributed by atoms with Gasteiger partial charge in [-0.25, -0.2) is 0 Å². The Morgan fingerprint density at radius 1 is 1.05 bits per heavy atom. The van der Waals surface area contributed by atoms with E-state index in [4.69, 9.17) is 28.9 Å². The van der Waals surface area contributed by atoms with Gasteiger partial charge < -0.3 is 5.73 Å². The summed E-state index contributed by atoms with van der Waals surface area (Å²) in [5, 5.41) is 8.40. The number of aromatic nitrogens is 2. The minimum absolute atomic E-state index is 0.425. The molecule has 0 atom stereocenters. The molecule has 1 heterocycles. The second kappa shape index (κ2) is 5.72. The Morgan fingerprint density at radius 3 is 2.52 bits per heavy atom. The standard InChI is InChI=1S/C15H10BrCl2N3/c16-12-7-10(18)4-5-11(12)14-13(15(19)21-20-14)8-2-1-3-9(17)6-8/h1-7H,(H3,19,20,21). The maximum absolute atomic E-state index is 6.07. The summed E-state index contributed by atoms with van der Waals surface area (Å²) in [6.07, 6.45) is 0. The second-order valence-corrected chi connectivity index (χ2v) is 6.22. The van der Waals surface area contributed by atoms with Gasteiger partial charge in [-0.05, 0) is 29.8 Å². The molecule has 0 saturated carbocycles. The summed E-state index contributed by atoms with van der Waals surface area (Å²) in [5.74, 6) is 0.425. The number of halogens is 3. The van der Waals surface area contributed by atoms with Crippen molar-refractivity contribution in [1.29, 1.82) is 0 Å². The lowest BCUT2D eigenvalue weighted by molar-refractivity contribution is 1.10. The number of hydrogen-bond donors (Lipinski definition) is 2. The highest BCUT2D eigenvalue weighted by atomic mass is 79.9. The molecule has 0 bridgehead atoms. The van der Waals surface area contributed by atoms with Crippen molar-refractivity contribution in [3.63, 3.8) is 0 Å². The molecule has 1 aromatic heterocycles. The molecule has 3 rings (SSSR count). The van der Waals surface area contributed by atoms with E-state index in [0.29, 0.717) is 15.9 Å². The number of nitrogen functional groups attached to an aromatic ring is 1. The lowest BCUT2D eigenvalue weighted by Crippen LogP contribution is -1.89. The van der Waals surface area contributed by atoms with Crippen LogP contribution in [0.5, 0.6) is 0 Å². The Hall–Kier alpha value is -1.49. The van der Waals surface area contributed by atoms with Crippen molar-refractivity contribution in [3.8, 4) is 22.4 Å². The minimum Gasteiger partial charge on any atom is -0.382 e. The second-order valence-electron chi connectivity index (χ2n) is 4.49. The first-order valence-corrected chi connectivity index (χ1v) is 7.66. The van der Waals surface area contributed by atoms with Gasteiger partial charge in [0.25, 0.3) is 0 Å². The topological polar surface area (TPSA) is 54.7 Å². The summed E-state index contributed by atoms with van der Waals surface area (Å²) < 4.78 is 0.863. The van der Waals surface area contributed by atoms with Gasteiger partial charge in [-0.2, -0.15) is 5.10 Å². The Bertz CT molecular complexity index is 814. The van der Waals surface area contributed by atoms with Crippen LogP contribution >= 0.6 is 39.1 Å². The normalized spacial score (nSPS) is 10.8. The van der Waals surface area contributed by atoms with E-state index >= 15 is 0 Å². The molecule has 0 aliphatic rings. The van der Waals surface area contributed by atoms with Gasteiger partial charge >= 0.3 is 0 Å². The van der Waals surface area contributed by atoms with Gasteiger partial charge in [0.1, 0.15) is 0 Å². The van der Waals surface area contributed by atoms with E-state index in [-0.39, 0.29) is 0 Å². The van der Waals surface area contributed by atoms with E-state index in [2.05, 4.69) is 26.1 Å². The van der Waals surface area contributed by atoms with Crippen LogP contribution in [0, 0.1) is 0 Å². The molecule has 3 N–H and O–H groups in total. The third kappa shape index (κ3) is 2.79. The van der Waals surface area contributed by atoms with Crippen molar-refractivity contribution in [1.82, 2.24) is 10.2 Å². The smallest absolute Gasteiger partial charge is 0.153 e. The van der Waals surface area contributed by atoms with Gasteiger partial charge in [-0.1, -0.05) is 57.3 Å². The molecule has 0 aliphatic carbocycles. The van der Waals surface area contributed by atoms with Gasteiger partial charge in [0, 0.05) is 20.1 Å². The van der Waals surface area contributed by atoms with Crippen molar-refractivity contribution >= 4 is 44.9 Å². The van der Waals surface area contributed by atoms with Gasteiger partial charge in [0.2, 0.25) is 0 Å². The highest BCUT2D eigenvalue weighted by Gasteiger charge is 2.17. The summed E-state index contributed by atoms with van der Waals surface area (Å²) >= 11 is 15.6. The van der Waals surface area contributed by atoms with E-state index in [1.165, 1.54) is 0 Å². The Labute approximate surface area is 140 Å². The molecule has 0 radical (unpaired) electrons. The monoisotopic (exact) mass is 381 g/mol. The maximum Gasteiger partial charge on any atom is 0.153 e. The van der Waals surface area contributed by atoms with E-state index in [1.807, 2.05) is 42.5 Å². The average Bonchev–Trinajstić information content (AvgIpc) is 2.80. The van der Waals surface area contributed by atoms with E-state index in [1.54, 1.807) is 0 Å². The number of nitrogens with one attached hydrogen (secondary N) is 1. The number of H-pyrrole nitrogens is 1. The molecule has 21 heavy (non-hydrogen) atoms. The van der Waals surface area contributed by atoms with Crippen LogP contribution in [0.2, 0.25) is 10.0 Å². The predicted octanol–water partition coefficient (Wildman–Crippen LogP) is 5.40.